The third-order valence-electron chi connectivity index (χ3n) is 10.3. The Morgan fingerprint density at radius 3 is 2.45 bits per heavy atom. The first kappa shape index (κ1) is 29.0. The maximum Gasteiger partial charge on any atom is 0.338 e. The maximum atomic E-state index is 13.3. The van der Waals surface area contributed by atoms with Crippen LogP contribution in [0.4, 0.5) is 0 Å². The summed E-state index contributed by atoms with van der Waals surface area (Å²) in [6.07, 6.45) is -4.63. The fraction of sp³-hybridized carbons (Fsp3) is 0.778. The average Bonchev–Trinajstić information content (AvgIpc) is 3.16. The topological polar surface area (TPSA) is 199 Å². The first-order valence-electron chi connectivity index (χ1n) is 13.2. The Labute approximate surface area is 220 Å². The summed E-state index contributed by atoms with van der Waals surface area (Å²) in [4.78, 5) is 48.1. The standard InChI is InChI=1S/C27H38O11/c1-25-7-5-14(29)9-13(25)3-4-15-16-6-8-27(37,26(16,2)10-17(30)20(15)25)19(32)12-38-24(36)23(35)22(34)21(33)18(31)11-28/h9,11,15-18,20-23,30-31,33-35,37H,3-8,10,12H2,1-2H3/t15-,16-,17+,18-,20+,21+,22-,23-,25-,26-,27-/m0/s1. The molecule has 11 atom stereocenters. The lowest BCUT2D eigenvalue weighted by atomic mass is 9.45. The van der Waals surface area contributed by atoms with Crippen LogP contribution >= 0.6 is 0 Å². The summed E-state index contributed by atoms with van der Waals surface area (Å²) >= 11 is 0. The number of hydrogen-bond acceptors (Lipinski definition) is 11. The van der Waals surface area contributed by atoms with Crippen LogP contribution in [0.2, 0.25) is 0 Å². The number of allylic oxidation sites excluding steroid dienone is 1. The Kier molecular flexibility index (Phi) is 7.76. The molecule has 3 saturated carbocycles. The van der Waals surface area contributed by atoms with E-state index in [1.807, 2.05) is 0 Å². The van der Waals surface area contributed by atoms with Crippen molar-refractivity contribution in [1.82, 2.24) is 0 Å². The highest BCUT2D eigenvalue weighted by Gasteiger charge is 2.68. The van der Waals surface area contributed by atoms with Crippen molar-refractivity contribution in [1.29, 1.82) is 0 Å². The minimum atomic E-state index is -2.35. The molecule has 4 rings (SSSR count). The Bertz CT molecular complexity index is 1020. The fourth-order valence-corrected chi connectivity index (χ4v) is 8.10. The highest BCUT2D eigenvalue weighted by molar-refractivity contribution is 5.92. The lowest BCUT2D eigenvalue weighted by Gasteiger charge is -2.60. The minimum Gasteiger partial charge on any atom is -0.456 e. The maximum absolute atomic E-state index is 13.3. The number of hydrogen-bond donors (Lipinski definition) is 6. The zero-order valence-electron chi connectivity index (χ0n) is 21.7. The molecule has 0 bridgehead atoms. The van der Waals surface area contributed by atoms with Crippen molar-refractivity contribution in [2.75, 3.05) is 6.61 Å². The van der Waals surface area contributed by atoms with Gasteiger partial charge in [0.2, 0.25) is 5.78 Å². The van der Waals surface area contributed by atoms with Crippen molar-refractivity contribution in [3.8, 4) is 0 Å². The SMILES string of the molecule is C[C@]12CCC(=O)C=C1CC[C@@H]1[C@@H]2[C@H](O)C[C@@]2(C)[C@H]1CC[C@]2(O)C(=O)COC(=O)[C@@H](O)[C@@H](O)[C@H](O)[C@@H](O)C=O. The van der Waals surface area contributed by atoms with E-state index in [0.717, 1.165) is 18.4 Å². The summed E-state index contributed by atoms with van der Waals surface area (Å²) < 4.78 is 4.84. The molecule has 0 unspecified atom stereocenters. The first-order chi connectivity index (χ1) is 17.7. The predicted octanol–water partition coefficient (Wildman–Crippen LogP) is -1.02. The number of ether oxygens (including phenoxy) is 1. The molecular weight excluding hydrogens is 500 g/mol. The van der Waals surface area contributed by atoms with Gasteiger partial charge in [-0.25, -0.2) is 4.79 Å². The molecule has 0 saturated heterocycles. The van der Waals surface area contributed by atoms with Crippen molar-refractivity contribution in [3.05, 3.63) is 11.6 Å². The molecule has 0 spiro atoms. The number of rotatable bonds is 8. The van der Waals surface area contributed by atoms with E-state index >= 15 is 0 Å². The van der Waals surface area contributed by atoms with Gasteiger partial charge in [-0.15, -0.1) is 0 Å². The molecule has 0 amide bonds. The Morgan fingerprint density at radius 1 is 1.11 bits per heavy atom. The first-order valence-corrected chi connectivity index (χ1v) is 13.2. The molecule has 0 aliphatic heterocycles. The molecule has 0 heterocycles. The van der Waals surface area contributed by atoms with Crippen LogP contribution in [0.25, 0.3) is 0 Å². The highest BCUT2D eigenvalue weighted by atomic mass is 16.6. The van der Waals surface area contributed by atoms with Gasteiger partial charge in [0, 0.05) is 11.8 Å². The third-order valence-corrected chi connectivity index (χ3v) is 10.3. The monoisotopic (exact) mass is 538 g/mol. The summed E-state index contributed by atoms with van der Waals surface area (Å²) in [7, 11) is 0. The van der Waals surface area contributed by atoms with Crippen LogP contribution in [0.1, 0.15) is 58.8 Å². The van der Waals surface area contributed by atoms with E-state index in [4.69, 9.17) is 4.74 Å². The molecule has 6 N–H and O–H groups in total. The Balaban J connectivity index is 1.48. The number of carbonyl (C=O) groups excluding carboxylic acids is 4. The van der Waals surface area contributed by atoms with Crippen molar-refractivity contribution in [2.24, 2.45) is 28.6 Å². The average molecular weight is 539 g/mol. The molecule has 11 nitrogen and oxygen atoms in total. The van der Waals surface area contributed by atoms with Gasteiger partial charge < -0.3 is 40.2 Å². The van der Waals surface area contributed by atoms with Gasteiger partial charge in [-0.2, -0.15) is 0 Å². The number of esters is 1. The van der Waals surface area contributed by atoms with E-state index in [1.54, 1.807) is 13.0 Å². The normalized spacial score (nSPS) is 41.5. The summed E-state index contributed by atoms with van der Waals surface area (Å²) in [5, 5.41) is 61.8. The number of Topliss-reactive ketones (excluding diaryl/α,β-unsaturated/α-hetero) is 1. The predicted molar refractivity (Wildman–Crippen MR) is 129 cm³/mol. The Hall–Kier alpha value is -2.02. The molecule has 38 heavy (non-hydrogen) atoms. The van der Waals surface area contributed by atoms with Crippen molar-refractivity contribution < 1.29 is 54.6 Å². The fourth-order valence-electron chi connectivity index (χ4n) is 8.10. The number of carbonyl (C=O) groups is 4. The minimum absolute atomic E-state index is 0.0335. The van der Waals surface area contributed by atoms with E-state index in [2.05, 4.69) is 6.92 Å². The number of ketones is 2. The van der Waals surface area contributed by atoms with Crippen LogP contribution in [-0.4, -0.2) is 97.2 Å². The van der Waals surface area contributed by atoms with Gasteiger partial charge in [-0.1, -0.05) is 19.4 Å². The van der Waals surface area contributed by atoms with Gasteiger partial charge in [0.15, 0.2) is 24.8 Å². The highest BCUT2D eigenvalue weighted by Crippen LogP contribution is 2.67. The molecule has 11 heteroatoms. The van der Waals surface area contributed by atoms with E-state index in [9.17, 15) is 49.8 Å². The number of aliphatic hydroxyl groups is 6. The third kappa shape index (κ3) is 4.37. The van der Waals surface area contributed by atoms with Crippen LogP contribution < -0.4 is 0 Å². The number of aldehydes is 1. The van der Waals surface area contributed by atoms with Crippen molar-refractivity contribution >= 4 is 23.8 Å². The molecule has 4 aliphatic rings. The van der Waals surface area contributed by atoms with E-state index in [-0.39, 0.29) is 48.1 Å². The zero-order valence-corrected chi connectivity index (χ0v) is 21.7. The van der Waals surface area contributed by atoms with Crippen LogP contribution in [0.3, 0.4) is 0 Å². The molecular formula is C27H38O11. The van der Waals surface area contributed by atoms with Gasteiger partial charge in [-0.05, 0) is 67.8 Å². The van der Waals surface area contributed by atoms with Gasteiger partial charge in [0.25, 0.3) is 0 Å². The molecule has 212 valence electrons. The number of fused-ring (bicyclic) bond motifs is 5. The van der Waals surface area contributed by atoms with Gasteiger partial charge in [0.05, 0.1) is 6.10 Å². The molecule has 0 aromatic heterocycles. The summed E-state index contributed by atoms with van der Waals surface area (Å²) in [6.45, 7) is 2.97. The van der Waals surface area contributed by atoms with Crippen LogP contribution in [0, 0.1) is 28.6 Å². The number of aliphatic hydroxyl groups excluding tert-OH is 5. The zero-order chi connectivity index (χ0) is 28.2. The summed E-state index contributed by atoms with van der Waals surface area (Å²) in [6, 6.07) is 0. The van der Waals surface area contributed by atoms with Crippen molar-refractivity contribution in [2.45, 2.75) is 94.9 Å². The van der Waals surface area contributed by atoms with E-state index in [1.165, 1.54) is 0 Å². The Morgan fingerprint density at radius 2 is 1.79 bits per heavy atom. The molecule has 3 fully saturated rings. The molecule has 4 aliphatic carbocycles. The molecule has 0 aromatic carbocycles. The molecule has 0 radical (unpaired) electrons. The van der Waals surface area contributed by atoms with Crippen molar-refractivity contribution in [3.63, 3.8) is 0 Å². The van der Waals surface area contributed by atoms with Gasteiger partial charge in [0.1, 0.15) is 23.9 Å². The van der Waals surface area contributed by atoms with Gasteiger partial charge >= 0.3 is 5.97 Å². The van der Waals surface area contributed by atoms with Crippen LogP contribution in [-0.2, 0) is 23.9 Å². The second kappa shape index (κ2) is 10.2. The lowest BCUT2D eigenvalue weighted by molar-refractivity contribution is -0.187. The largest absolute Gasteiger partial charge is 0.456 e. The van der Waals surface area contributed by atoms with Gasteiger partial charge in [-0.3, -0.25) is 9.59 Å². The second-order valence-corrected chi connectivity index (χ2v) is 12.1. The quantitative estimate of drug-likeness (QED) is 0.163. The lowest BCUT2D eigenvalue weighted by Crippen LogP contribution is -2.62. The smallest absolute Gasteiger partial charge is 0.338 e. The van der Waals surface area contributed by atoms with Crippen LogP contribution in [0.5, 0.6) is 0 Å². The molecule has 0 aromatic rings. The summed E-state index contributed by atoms with van der Waals surface area (Å²) in [5.74, 6) is -2.32. The summed E-state index contributed by atoms with van der Waals surface area (Å²) in [5.41, 5.74) is -2.15. The second-order valence-electron chi connectivity index (χ2n) is 12.1. The van der Waals surface area contributed by atoms with Crippen LogP contribution in [0.15, 0.2) is 11.6 Å². The van der Waals surface area contributed by atoms with E-state index < -0.39 is 59.9 Å². The van der Waals surface area contributed by atoms with E-state index in [0.29, 0.717) is 19.3 Å².